The highest BCUT2D eigenvalue weighted by molar-refractivity contribution is 5.94. The Morgan fingerprint density at radius 2 is 1.96 bits per heavy atom. The fourth-order valence-corrected chi connectivity index (χ4v) is 3.12. The van der Waals surface area contributed by atoms with Gasteiger partial charge in [0, 0.05) is 25.2 Å². The lowest BCUT2D eigenvalue weighted by Gasteiger charge is -2.19. The fourth-order valence-electron chi connectivity index (χ4n) is 3.12. The van der Waals surface area contributed by atoms with Gasteiger partial charge in [0.2, 0.25) is 5.78 Å². The molecule has 2 unspecified atom stereocenters. The molecule has 2 atom stereocenters. The van der Waals surface area contributed by atoms with Gasteiger partial charge in [0.05, 0.1) is 7.11 Å². The second-order valence-electron chi connectivity index (χ2n) is 6.98. The van der Waals surface area contributed by atoms with E-state index in [0.29, 0.717) is 38.5 Å². The molecule has 152 valence electrons. The molecule has 0 amide bonds. The summed E-state index contributed by atoms with van der Waals surface area (Å²) in [6, 6.07) is 0. The molecule has 1 aliphatic rings. The standard InChI is InChI=1S/C21H30F2O4/c1-3-4-15-21(22,23)19(25)14-12-16-11-13-18(24)17(16)9-7-5-6-8-10-20(26)27-2/h5,7,11,13,16-17H,3-4,6,8-10,12,14-15H2,1-2H3/b7-5+. The summed E-state index contributed by atoms with van der Waals surface area (Å²) in [5, 5.41) is 0. The van der Waals surface area contributed by atoms with E-state index in [9.17, 15) is 23.2 Å². The Kier molecular flexibility index (Phi) is 10.1. The molecule has 0 bridgehead atoms. The molecule has 0 saturated heterocycles. The van der Waals surface area contributed by atoms with Gasteiger partial charge in [-0.15, -0.1) is 0 Å². The van der Waals surface area contributed by atoms with Crippen LogP contribution >= 0.6 is 0 Å². The predicted molar refractivity (Wildman–Crippen MR) is 99.5 cm³/mol. The topological polar surface area (TPSA) is 60.4 Å². The molecule has 0 fully saturated rings. The Balaban J connectivity index is 2.42. The Bertz CT molecular complexity index is 567. The number of unbranched alkanes of at least 4 members (excludes halogenated alkanes) is 2. The molecule has 1 rings (SSSR count). The summed E-state index contributed by atoms with van der Waals surface area (Å²) in [5.41, 5.74) is 0. The summed E-state index contributed by atoms with van der Waals surface area (Å²) < 4.78 is 32.1. The number of halogens is 2. The Labute approximate surface area is 160 Å². The zero-order valence-electron chi connectivity index (χ0n) is 16.2. The lowest BCUT2D eigenvalue weighted by Crippen LogP contribution is -2.29. The van der Waals surface area contributed by atoms with Crippen LogP contribution in [0.2, 0.25) is 0 Å². The fraction of sp³-hybridized carbons (Fsp3) is 0.667. The average molecular weight is 384 g/mol. The van der Waals surface area contributed by atoms with Crippen molar-refractivity contribution < 1.29 is 27.9 Å². The molecule has 0 saturated carbocycles. The molecular formula is C21H30F2O4. The van der Waals surface area contributed by atoms with E-state index < -0.39 is 18.1 Å². The third kappa shape index (κ3) is 8.14. The van der Waals surface area contributed by atoms with Crippen LogP contribution in [-0.4, -0.2) is 30.6 Å². The molecule has 6 heteroatoms. The number of hydrogen-bond donors (Lipinski definition) is 0. The number of hydrogen-bond acceptors (Lipinski definition) is 4. The number of carbonyl (C=O) groups is 3. The van der Waals surface area contributed by atoms with Crippen LogP contribution in [0, 0.1) is 11.8 Å². The van der Waals surface area contributed by atoms with Crippen molar-refractivity contribution in [1.82, 2.24) is 0 Å². The van der Waals surface area contributed by atoms with Crippen LogP contribution in [0.25, 0.3) is 0 Å². The van der Waals surface area contributed by atoms with Crippen LogP contribution in [-0.2, 0) is 19.1 Å². The van der Waals surface area contributed by atoms with Gasteiger partial charge in [0.25, 0.3) is 0 Å². The predicted octanol–water partition coefficient (Wildman–Crippen LogP) is 4.82. The van der Waals surface area contributed by atoms with E-state index in [1.807, 2.05) is 19.1 Å². The van der Waals surface area contributed by atoms with E-state index in [4.69, 9.17) is 0 Å². The van der Waals surface area contributed by atoms with E-state index >= 15 is 0 Å². The van der Waals surface area contributed by atoms with Crippen molar-refractivity contribution in [2.24, 2.45) is 11.8 Å². The molecule has 0 spiro atoms. The number of Topliss-reactive ketones (excluding diaryl/α,β-unsaturated/α-hetero) is 1. The van der Waals surface area contributed by atoms with Crippen LogP contribution in [0.15, 0.2) is 24.3 Å². The first-order valence-corrected chi connectivity index (χ1v) is 9.66. The molecule has 0 aromatic heterocycles. The van der Waals surface area contributed by atoms with Crippen molar-refractivity contribution in [3.8, 4) is 0 Å². The first kappa shape index (κ1) is 23.2. The zero-order valence-corrected chi connectivity index (χ0v) is 16.2. The van der Waals surface area contributed by atoms with E-state index in [2.05, 4.69) is 4.74 Å². The SMILES string of the molecule is CCCCC(F)(F)C(=O)CCC1C=CC(=O)C1C/C=C/CCCC(=O)OC. The number of allylic oxidation sites excluding steroid dienone is 4. The number of alkyl halides is 2. The third-order valence-electron chi connectivity index (χ3n) is 4.88. The molecule has 1 aliphatic carbocycles. The van der Waals surface area contributed by atoms with Crippen LogP contribution < -0.4 is 0 Å². The number of carbonyl (C=O) groups excluding carboxylic acids is 3. The number of methoxy groups -OCH3 is 1. The molecule has 0 N–H and O–H groups in total. The van der Waals surface area contributed by atoms with Gasteiger partial charge in [0.15, 0.2) is 5.78 Å². The monoisotopic (exact) mass is 384 g/mol. The third-order valence-corrected chi connectivity index (χ3v) is 4.88. The highest BCUT2D eigenvalue weighted by Crippen LogP contribution is 2.32. The summed E-state index contributed by atoms with van der Waals surface area (Å²) >= 11 is 0. The molecule has 0 aromatic rings. The van der Waals surface area contributed by atoms with E-state index in [-0.39, 0.29) is 36.4 Å². The normalized spacial score (nSPS) is 19.8. The second-order valence-corrected chi connectivity index (χ2v) is 6.98. The van der Waals surface area contributed by atoms with E-state index in [0.717, 1.165) is 0 Å². The van der Waals surface area contributed by atoms with Crippen molar-refractivity contribution in [2.45, 2.75) is 70.6 Å². The van der Waals surface area contributed by atoms with Crippen molar-refractivity contribution >= 4 is 17.5 Å². The molecular weight excluding hydrogens is 354 g/mol. The van der Waals surface area contributed by atoms with Crippen molar-refractivity contribution in [2.75, 3.05) is 7.11 Å². The molecule has 0 radical (unpaired) electrons. The van der Waals surface area contributed by atoms with Gasteiger partial charge >= 0.3 is 11.9 Å². The van der Waals surface area contributed by atoms with Gasteiger partial charge in [-0.3, -0.25) is 14.4 Å². The summed E-state index contributed by atoms with van der Waals surface area (Å²) in [6.45, 7) is 1.81. The largest absolute Gasteiger partial charge is 0.469 e. The van der Waals surface area contributed by atoms with Crippen LogP contribution in [0.1, 0.15) is 64.7 Å². The lowest BCUT2D eigenvalue weighted by atomic mass is 9.86. The average Bonchev–Trinajstić information content (AvgIpc) is 3.00. The van der Waals surface area contributed by atoms with Gasteiger partial charge < -0.3 is 4.74 Å². The zero-order chi connectivity index (χ0) is 20.3. The lowest BCUT2D eigenvalue weighted by molar-refractivity contribution is -0.144. The molecule has 0 aromatic carbocycles. The quantitative estimate of drug-likeness (QED) is 0.259. The minimum Gasteiger partial charge on any atom is -0.469 e. The maximum absolute atomic E-state index is 13.8. The van der Waals surface area contributed by atoms with Gasteiger partial charge in [0.1, 0.15) is 0 Å². The van der Waals surface area contributed by atoms with Crippen LogP contribution in [0.5, 0.6) is 0 Å². The summed E-state index contributed by atoms with van der Waals surface area (Å²) in [5.74, 6) is -5.04. The Hall–Kier alpha value is -1.85. The van der Waals surface area contributed by atoms with Crippen molar-refractivity contribution in [3.05, 3.63) is 24.3 Å². The first-order valence-electron chi connectivity index (χ1n) is 9.66. The highest BCUT2D eigenvalue weighted by atomic mass is 19.3. The van der Waals surface area contributed by atoms with Gasteiger partial charge in [-0.1, -0.05) is 31.6 Å². The summed E-state index contributed by atoms with van der Waals surface area (Å²) in [6.07, 6.45) is 9.85. The second kappa shape index (κ2) is 11.8. The minimum atomic E-state index is -3.27. The first-order chi connectivity index (χ1) is 12.8. The van der Waals surface area contributed by atoms with Crippen LogP contribution in [0.4, 0.5) is 8.78 Å². The summed E-state index contributed by atoms with van der Waals surface area (Å²) in [4.78, 5) is 34.8. The number of rotatable bonds is 13. The van der Waals surface area contributed by atoms with E-state index in [1.54, 1.807) is 6.08 Å². The number of ether oxygens (including phenoxy) is 1. The minimum absolute atomic E-state index is 0.0237. The smallest absolute Gasteiger partial charge is 0.305 e. The Morgan fingerprint density at radius 1 is 1.22 bits per heavy atom. The van der Waals surface area contributed by atoms with Crippen molar-refractivity contribution in [3.63, 3.8) is 0 Å². The van der Waals surface area contributed by atoms with Gasteiger partial charge in [-0.25, -0.2) is 0 Å². The van der Waals surface area contributed by atoms with Crippen molar-refractivity contribution in [1.29, 1.82) is 0 Å². The van der Waals surface area contributed by atoms with Gasteiger partial charge in [-0.2, -0.15) is 8.78 Å². The molecule has 0 aliphatic heterocycles. The van der Waals surface area contributed by atoms with Crippen LogP contribution in [0.3, 0.4) is 0 Å². The highest BCUT2D eigenvalue weighted by Gasteiger charge is 2.38. The summed E-state index contributed by atoms with van der Waals surface area (Å²) in [7, 11) is 1.35. The number of esters is 1. The van der Waals surface area contributed by atoms with E-state index in [1.165, 1.54) is 13.2 Å². The maximum atomic E-state index is 13.8. The maximum Gasteiger partial charge on any atom is 0.305 e. The number of ketones is 2. The Morgan fingerprint density at radius 3 is 2.63 bits per heavy atom. The molecule has 0 heterocycles. The molecule has 4 nitrogen and oxygen atoms in total. The molecule has 27 heavy (non-hydrogen) atoms. The van der Waals surface area contributed by atoms with Gasteiger partial charge in [-0.05, 0) is 44.1 Å².